The molecule has 1 atom stereocenters. The van der Waals surface area contributed by atoms with E-state index < -0.39 is 17.7 Å². The van der Waals surface area contributed by atoms with Gasteiger partial charge in [-0.25, -0.2) is 0 Å². The van der Waals surface area contributed by atoms with E-state index in [1.54, 1.807) is 55.6 Å². The first-order valence-electron chi connectivity index (χ1n) is 9.15. The molecule has 7 heteroatoms. The Morgan fingerprint density at radius 1 is 1.10 bits per heavy atom. The maximum absolute atomic E-state index is 12.9. The molecule has 1 amide bonds. The van der Waals surface area contributed by atoms with Gasteiger partial charge in [0.25, 0.3) is 11.7 Å². The van der Waals surface area contributed by atoms with E-state index in [1.165, 1.54) is 12.0 Å². The third kappa shape index (κ3) is 4.13. The van der Waals surface area contributed by atoms with Crippen molar-refractivity contribution in [2.24, 2.45) is 0 Å². The van der Waals surface area contributed by atoms with Crippen molar-refractivity contribution in [3.8, 4) is 5.75 Å². The molecule has 2 aromatic carbocycles. The van der Waals surface area contributed by atoms with Crippen LogP contribution in [0.2, 0.25) is 5.02 Å². The Bertz CT molecular complexity index is 938. The number of rotatable bonds is 7. The van der Waals surface area contributed by atoms with Crippen molar-refractivity contribution in [1.82, 2.24) is 4.90 Å². The van der Waals surface area contributed by atoms with Crippen LogP contribution in [0.4, 0.5) is 0 Å². The molecule has 0 spiro atoms. The van der Waals surface area contributed by atoms with Gasteiger partial charge in [-0.05, 0) is 36.8 Å². The summed E-state index contributed by atoms with van der Waals surface area (Å²) in [6.07, 6.45) is 0.552. The Kier molecular flexibility index (Phi) is 6.56. The quantitative estimate of drug-likeness (QED) is 0.322. The Balaban J connectivity index is 2.16. The molecule has 6 nitrogen and oxygen atoms in total. The van der Waals surface area contributed by atoms with E-state index in [1.807, 2.05) is 0 Å². The summed E-state index contributed by atoms with van der Waals surface area (Å²) in [7, 11) is 3.10. The summed E-state index contributed by atoms with van der Waals surface area (Å²) < 4.78 is 10.5. The van der Waals surface area contributed by atoms with Gasteiger partial charge < -0.3 is 19.5 Å². The number of hydrogen-bond donors (Lipinski definition) is 1. The number of benzene rings is 2. The average molecular weight is 416 g/mol. The molecule has 152 valence electrons. The largest absolute Gasteiger partial charge is 0.507 e. The summed E-state index contributed by atoms with van der Waals surface area (Å²) >= 11 is 5.93. The molecule has 1 fully saturated rings. The van der Waals surface area contributed by atoms with Crippen LogP contribution in [-0.4, -0.2) is 49.1 Å². The zero-order valence-electron chi connectivity index (χ0n) is 16.2. The van der Waals surface area contributed by atoms with Gasteiger partial charge in [-0.2, -0.15) is 0 Å². The highest BCUT2D eigenvalue weighted by molar-refractivity contribution is 6.46. The molecule has 29 heavy (non-hydrogen) atoms. The van der Waals surface area contributed by atoms with Gasteiger partial charge in [-0.3, -0.25) is 9.59 Å². The van der Waals surface area contributed by atoms with Crippen molar-refractivity contribution in [3.63, 3.8) is 0 Å². The number of amides is 1. The zero-order chi connectivity index (χ0) is 21.0. The Morgan fingerprint density at radius 3 is 2.45 bits per heavy atom. The summed E-state index contributed by atoms with van der Waals surface area (Å²) in [5.74, 6) is -1.11. The number of methoxy groups -OCH3 is 2. The van der Waals surface area contributed by atoms with Gasteiger partial charge in [0.1, 0.15) is 11.5 Å². The lowest BCUT2D eigenvalue weighted by Crippen LogP contribution is -2.31. The molecule has 0 radical (unpaired) electrons. The van der Waals surface area contributed by atoms with Crippen molar-refractivity contribution < 1.29 is 24.2 Å². The second-order valence-electron chi connectivity index (χ2n) is 6.59. The van der Waals surface area contributed by atoms with E-state index >= 15 is 0 Å². The third-order valence-electron chi connectivity index (χ3n) is 4.84. The first-order chi connectivity index (χ1) is 14.0. The molecule has 1 saturated heterocycles. The number of Topliss-reactive ketones (excluding diaryl/α,β-unsaturated/α-hetero) is 1. The fourth-order valence-electron chi connectivity index (χ4n) is 3.47. The molecule has 3 rings (SSSR count). The molecule has 0 saturated carbocycles. The summed E-state index contributed by atoms with van der Waals surface area (Å²) in [6.45, 7) is 0.747. The zero-order valence-corrected chi connectivity index (χ0v) is 17.0. The number of halogens is 1. The Morgan fingerprint density at radius 2 is 1.79 bits per heavy atom. The number of nitrogens with zero attached hydrogens (tertiary/aromatic N) is 1. The minimum atomic E-state index is -0.765. The number of carbonyl (C=O) groups is 2. The van der Waals surface area contributed by atoms with Crippen molar-refractivity contribution >= 4 is 29.1 Å². The van der Waals surface area contributed by atoms with Crippen LogP contribution in [0.25, 0.3) is 5.76 Å². The van der Waals surface area contributed by atoms with E-state index in [9.17, 15) is 14.7 Å². The van der Waals surface area contributed by atoms with Gasteiger partial charge >= 0.3 is 0 Å². The van der Waals surface area contributed by atoms with Crippen molar-refractivity contribution in [2.45, 2.75) is 12.5 Å². The minimum Gasteiger partial charge on any atom is -0.507 e. The van der Waals surface area contributed by atoms with Crippen LogP contribution >= 0.6 is 11.6 Å². The molecule has 1 aliphatic heterocycles. The smallest absolute Gasteiger partial charge is 0.295 e. The number of aliphatic hydroxyl groups is 1. The van der Waals surface area contributed by atoms with Gasteiger partial charge in [-0.1, -0.05) is 29.8 Å². The maximum Gasteiger partial charge on any atom is 0.295 e. The molecule has 1 aliphatic rings. The summed E-state index contributed by atoms with van der Waals surface area (Å²) in [6, 6.07) is 12.8. The molecule has 1 N–H and O–H groups in total. The van der Waals surface area contributed by atoms with E-state index in [-0.39, 0.29) is 11.3 Å². The predicted molar refractivity (Wildman–Crippen MR) is 110 cm³/mol. The standard InChI is InChI=1S/C22H22ClNO5/c1-28-13-5-12-24-19(16-6-3-4-7-17(16)29-2)18(21(26)22(24)27)20(25)14-8-10-15(23)11-9-14/h3-4,6-11,19,25H,5,12-13H2,1-2H3/b20-18-. The van der Waals surface area contributed by atoms with Gasteiger partial charge in [0.15, 0.2) is 0 Å². The fraction of sp³-hybridized carbons (Fsp3) is 0.273. The monoisotopic (exact) mass is 415 g/mol. The van der Waals surface area contributed by atoms with E-state index in [0.717, 1.165) is 0 Å². The molecular weight excluding hydrogens is 394 g/mol. The molecule has 0 aliphatic carbocycles. The van der Waals surface area contributed by atoms with Crippen LogP contribution in [0.15, 0.2) is 54.1 Å². The second-order valence-corrected chi connectivity index (χ2v) is 7.02. The van der Waals surface area contributed by atoms with Crippen molar-refractivity contribution in [2.75, 3.05) is 27.4 Å². The Labute approximate surface area is 174 Å². The molecule has 1 heterocycles. The SMILES string of the molecule is COCCCN1C(=O)C(=O)/C(=C(\O)c2ccc(Cl)cc2)C1c1ccccc1OC. The van der Waals surface area contributed by atoms with Crippen molar-refractivity contribution in [3.05, 3.63) is 70.3 Å². The van der Waals surface area contributed by atoms with E-state index in [4.69, 9.17) is 21.1 Å². The summed E-state index contributed by atoms with van der Waals surface area (Å²) in [4.78, 5) is 27.2. The molecular formula is C22H22ClNO5. The van der Waals surface area contributed by atoms with Crippen LogP contribution in [0.1, 0.15) is 23.6 Å². The predicted octanol–water partition coefficient (Wildman–Crippen LogP) is 3.81. The third-order valence-corrected chi connectivity index (χ3v) is 5.09. The van der Waals surface area contributed by atoms with Crippen LogP contribution < -0.4 is 4.74 Å². The Hall–Kier alpha value is -2.83. The topological polar surface area (TPSA) is 76.1 Å². The second kappa shape index (κ2) is 9.11. The lowest BCUT2D eigenvalue weighted by molar-refractivity contribution is -0.140. The molecule has 0 aromatic heterocycles. The molecule has 1 unspecified atom stereocenters. The summed E-state index contributed by atoms with van der Waals surface area (Å²) in [5.41, 5.74) is 1.06. The van der Waals surface area contributed by atoms with Gasteiger partial charge in [0.05, 0.1) is 18.7 Å². The van der Waals surface area contributed by atoms with E-state index in [0.29, 0.717) is 41.5 Å². The number of likely N-dealkylation sites (tertiary alicyclic amines) is 1. The number of ether oxygens (including phenoxy) is 2. The van der Waals surface area contributed by atoms with Crippen molar-refractivity contribution in [1.29, 1.82) is 0 Å². The lowest BCUT2D eigenvalue weighted by Gasteiger charge is -2.26. The first kappa shape index (κ1) is 20.9. The molecule has 0 bridgehead atoms. The van der Waals surface area contributed by atoms with Gasteiger partial charge in [0, 0.05) is 36.4 Å². The number of hydrogen-bond acceptors (Lipinski definition) is 5. The number of para-hydroxylation sites is 1. The van der Waals surface area contributed by atoms with Gasteiger partial charge in [0.2, 0.25) is 0 Å². The number of carbonyl (C=O) groups excluding carboxylic acids is 2. The number of ketones is 1. The maximum atomic E-state index is 12.9. The average Bonchev–Trinajstić information content (AvgIpc) is 2.98. The van der Waals surface area contributed by atoms with E-state index in [2.05, 4.69) is 0 Å². The summed E-state index contributed by atoms with van der Waals surface area (Å²) in [5, 5.41) is 11.5. The minimum absolute atomic E-state index is 0.0271. The first-order valence-corrected chi connectivity index (χ1v) is 9.53. The van der Waals surface area contributed by atoms with Crippen LogP contribution in [0.3, 0.4) is 0 Å². The van der Waals surface area contributed by atoms with Gasteiger partial charge in [-0.15, -0.1) is 0 Å². The fourth-order valence-corrected chi connectivity index (χ4v) is 3.59. The van der Waals surface area contributed by atoms with Crippen LogP contribution in [-0.2, 0) is 14.3 Å². The van der Waals surface area contributed by atoms with Crippen LogP contribution in [0.5, 0.6) is 5.75 Å². The highest BCUT2D eigenvalue weighted by Crippen LogP contribution is 2.42. The highest BCUT2D eigenvalue weighted by atomic mass is 35.5. The molecule has 2 aromatic rings. The normalized spacial score (nSPS) is 18.3. The highest BCUT2D eigenvalue weighted by Gasteiger charge is 2.46. The lowest BCUT2D eigenvalue weighted by atomic mass is 9.94. The number of aliphatic hydroxyl groups excluding tert-OH is 1. The van der Waals surface area contributed by atoms with Crippen LogP contribution in [0, 0.1) is 0 Å².